The number of hydrogen-bond acceptors (Lipinski definition) is 4. The molecule has 0 aliphatic carbocycles. The highest BCUT2D eigenvalue weighted by atomic mass is 35.5. The first kappa shape index (κ1) is 15.5. The molecule has 0 radical (unpaired) electrons. The van der Waals surface area contributed by atoms with Crippen molar-refractivity contribution in [2.24, 2.45) is 5.92 Å². The second kappa shape index (κ2) is 7.24. The highest BCUT2D eigenvalue weighted by Gasteiger charge is 2.33. The summed E-state index contributed by atoms with van der Waals surface area (Å²) in [4.78, 5) is 13.7. The predicted octanol–water partition coefficient (Wildman–Crippen LogP) is 2.53. The van der Waals surface area contributed by atoms with Crippen molar-refractivity contribution in [2.45, 2.75) is 12.5 Å². The third-order valence-electron chi connectivity index (χ3n) is 3.78. The molecule has 2 heterocycles. The lowest BCUT2D eigenvalue weighted by Gasteiger charge is -2.18. The number of nitrogens with one attached hydrogen (secondary N) is 3. The molecule has 1 aromatic carbocycles. The summed E-state index contributed by atoms with van der Waals surface area (Å²) in [6.07, 6.45) is 0.874. The topological polar surface area (TPSA) is 53.2 Å². The predicted molar refractivity (Wildman–Crippen MR) is 89.9 cm³/mol. The van der Waals surface area contributed by atoms with Crippen LogP contribution in [0, 0.1) is 5.92 Å². The van der Waals surface area contributed by atoms with E-state index in [-0.39, 0.29) is 17.9 Å². The highest BCUT2D eigenvalue weighted by Crippen LogP contribution is 2.26. The molecule has 1 aliphatic rings. The van der Waals surface area contributed by atoms with Gasteiger partial charge in [0.1, 0.15) is 0 Å². The van der Waals surface area contributed by atoms with Crippen molar-refractivity contribution in [1.29, 1.82) is 0 Å². The van der Waals surface area contributed by atoms with Gasteiger partial charge < -0.3 is 5.32 Å². The fraction of sp³-hybridized carbons (Fsp3) is 0.312. The van der Waals surface area contributed by atoms with E-state index in [0.717, 1.165) is 12.0 Å². The monoisotopic (exact) mass is 335 g/mol. The zero-order valence-corrected chi connectivity index (χ0v) is 13.6. The zero-order valence-electron chi connectivity index (χ0n) is 12.0. The number of carbonyl (C=O) groups is 1. The number of rotatable bonds is 5. The second-order valence-corrected chi connectivity index (χ2v) is 6.75. The van der Waals surface area contributed by atoms with E-state index in [0.29, 0.717) is 18.1 Å². The standard InChI is InChI=1S/C16H18ClN3OS/c17-12-4-1-3-11(9-12)15-14(10-19-20-15)16(21)18-7-6-13-5-2-8-22-13/h1-5,8-9,14-15,19-20H,6-7,10H2,(H,18,21). The first-order valence-electron chi connectivity index (χ1n) is 7.28. The van der Waals surface area contributed by atoms with Gasteiger partial charge in [0.2, 0.25) is 5.91 Å². The van der Waals surface area contributed by atoms with Crippen molar-refractivity contribution >= 4 is 28.8 Å². The van der Waals surface area contributed by atoms with E-state index >= 15 is 0 Å². The van der Waals surface area contributed by atoms with Gasteiger partial charge in [-0.05, 0) is 35.6 Å². The van der Waals surface area contributed by atoms with Gasteiger partial charge >= 0.3 is 0 Å². The minimum absolute atomic E-state index is 0.0552. The number of carbonyl (C=O) groups excluding carboxylic acids is 1. The van der Waals surface area contributed by atoms with Crippen LogP contribution in [0.1, 0.15) is 16.5 Å². The number of hydrazine groups is 1. The summed E-state index contributed by atoms with van der Waals surface area (Å²) in [5.41, 5.74) is 7.27. The number of benzene rings is 1. The van der Waals surface area contributed by atoms with Crippen LogP contribution in [0.3, 0.4) is 0 Å². The molecule has 2 atom stereocenters. The maximum Gasteiger partial charge on any atom is 0.226 e. The lowest BCUT2D eigenvalue weighted by atomic mass is 9.94. The maximum absolute atomic E-state index is 12.4. The van der Waals surface area contributed by atoms with Crippen LogP contribution in [0.25, 0.3) is 0 Å². The highest BCUT2D eigenvalue weighted by molar-refractivity contribution is 7.09. The quantitative estimate of drug-likeness (QED) is 0.787. The van der Waals surface area contributed by atoms with Gasteiger partial charge in [0.05, 0.1) is 12.0 Å². The van der Waals surface area contributed by atoms with E-state index in [9.17, 15) is 4.79 Å². The molecule has 3 rings (SSSR count). The average molecular weight is 336 g/mol. The van der Waals surface area contributed by atoms with Crippen molar-refractivity contribution in [3.05, 3.63) is 57.2 Å². The molecular weight excluding hydrogens is 318 g/mol. The summed E-state index contributed by atoms with van der Waals surface area (Å²) in [6, 6.07) is 11.7. The van der Waals surface area contributed by atoms with Crippen LogP contribution in [0.15, 0.2) is 41.8 Å². The summed E-state index contributed by atoms with van der Waals surface area (Å²) in [5.74, 6) is -0.0687. The Bertz CT molecular complexity index is 632. The SMILES string of the molecule is O=C(NCCc1cccs1)C1CNNC1c1cccc(Cl)c1. The first-order chi connectivity index (χ1) is 10.7. The van der Waals surface area contributed by atoms with E-state index in [1.54, 1.807) is 11.3 Å². The third kappa shape index (κ3) is 3.67. The maximum atomic E-state index is 12.4. The van der Waals surface area contributed by atoms with Crippen LogP contribution in [0.2, 0.25) is 5.02 Å². The molecule has 116 valence electrons. The fourth-order valence-corrected chi connectivity index (χ4v) is 3.56. The van der Waals surface area contributed by atoms with Gasteiger partial charge in [-0.3, -0.25) is 10.2 Å². The molecule has 22 heavy (non-hydrogen) atoms. The minimum Gasteiger partial charge on any atom is -0.355 e. The Morgan fingerprint density at radius 3 is 3.05 bits per heavy atom. The number of amides is 1. The lowest BCUT2D eigenvalue weighted by Crippen LogP contribution is -2.36. The normalized spacial score (nSPS) is 21.0. The minimum atomic E-state index is -0.137. The van der Waals surface area contributed by atoms with Crippen LogP contribution in [-0.2, 0) is 11.2 Å². The van der Waals surface area contributed by atoms with Gasteiger partial charge in [0.25, 0.3) is 0 Å². The van der Waals surface area contributed by atoms with E-state index in [4.69, 9.17) is 11.6 Å². The Labute approximate surface area is 138 Å². The van der Waals surface area contributed by atoms with E-state index in [1.165, 1.54) is 4.88 Å². The molecule has 1 aromatic heterocycles. The van der Waals surface area contributed by atoms with Crippen molar-refractivity contribution in [3.8, 4) is 0 Å². The van der Waals surface area contributed by atoms with Crippen LogP contribution in [0.4, 0.5) is 0 Å². The molecule has 1 saturated heterocycles. The second-order valence-electron chi connectivity index (χ2n) is 5.28. The molecule has 1 amide bonds. The molecule has 0 saturated carbocycles. The molecule has 1 aliphatic heterocycles. The van der Waals surface area contributed by atoms with Gasteiger partial charge in [0.15, 0.2) is 0 Å². The summed E-state index contributed by atoms with van der Waals surface area (Å²) in [5, 5.41) is 5.77. The fourth-order valence-electron chi connectivity index (χ4n) is 2.65. The molecule has 2 aromatic rings. The number of halogens is 1. The summed E-state index contributed by atoms with van der Waals surface area (Å²) < 4.78 is 0. The Hall–Kier alpha value is -1.40. The Balaban J connectivity index is 1.59. The summed E-state index contributed by atoms with van der Waals surface area (Å²) >= 11 is 7.76. The smallest absolute Gasteiger partial charge is 0.226 e. The molecule has 1 fully saturated rings. The van der Waals surface area contributed by atoms with Gasteiger partial charge in [-0.25, -0.2) is 5.43 Å². The van der Waals surface area contributed by atoms with E-state index in [1.807, 2.05) is 30.3 Å². The van der Waals surface area contributed by atoms with Crippen LogP contribution < -0.4 is 16.2 Å². The molecule has 2 unspecified atom stereocenters. The Morgan fingerprint density at radius 1 is 1.36 bits per heavy atom. The molecule has 0 bridgehead atoms. The Kier molecular flexibility index (Phi) is 5.10. The lowest BCUT2D eigenvalue weighted by molar-refractivity contribution is -0.124. The molecule has 0 spiro atoms. The molecule has 4 nitrogen and oxygen atoms in total. The van der Waals surface area contributed by atoms with Crippen LogP contribution >= 0.6 is 22.9 Å². The van der Waals surface area contributed by atoms with Crippen LogP contribution in [-0.4, -0.2) is 19.0 Å². The van der Waals surface area contributed by atoms with Gasteiger partial charge in [-0.2, -0.15) is 0 Å². The third-order valence-corrected chi connectivity index (χ3v) is 4.95. The molecule has 6 heteroatoms. The van der Waals surface area contributed by atoms with E-state index < -0.39 is 0 Å². The molecular formula is C16H18ClN3OS. The van der Waals surface area contributed by atoms with Crippen molar-refractivity contribution in [1.82, 2.24) is 16.2 Å². The largest absolute Gasteiger partial charge is 0.355 e. The van der Waals surface area contributed by atoms with Gasteiger partial charge in [-0.15, -0.1) is 11.3 Å². The average Bonchev–Trinajstić information content (AvgIpc) is 3.18. The molecule has 3 N–H and O–H groups in total. The van der Waals surface area contributed by atoms with Gasteiger partial charge in [0, 0.05) is 23.0 Å². The van der Waals surface area contributed by atoms with E-state index in [2.05, 4.69) is 27.6 Å². The first-order valence-corrected chi connectivity index (χ1v) is 8.54. The number of hydrogen-bond donors (Lipinski definition) is 3. The van der Waals surface area contributed by atoms with Crippen LogP contribution in [0.5, 0.6) is 0 Å². The summed E-state index contributed by atoms with van der Waals surface area (Å²) in [6.45, 7) is 1.28. The van der Waals surface area contributed by atoms with Crippen molar-refractivity contribution in [3.63, 3.8) is 0 Å². The Morgan fingerprint density at radius 2 is 2.27 bits per heavy atom. The zero-order chi connectivity index (χ0) is 15.4. The number of thiophene rings is 1. The summed E-state index contributed by atoms with van der Waals surface area (Å²) in [7, 11) is 0. The van der Waals surface area contributed by atoms with Crippen molar-refractivity contribution < 1.29 is 4.79 Å². The van der Waals surface area contributed by atoms with Gasteiger partial charge in [-0.1, -0.05) is 29.8 Å². The van der Waals surface area contributed by atoms with Crippen molar-refractivity contribution in [2.75, 3.05) is 13.1 Å².